The highest BCUT2D eigenvalue weighted by atomic mass is 35.5. The van der Waals surface area contributed by atoms with Gasteiger partial charge in [0.1, 0.15) is 0 Å². The molecule has 1 aliphatic rings. The Labute approximate surface area is 203 Å². The molecule has 0 amide bonds. The number of nitrogens with zero attached hydrogens (tertiary/aromatic N) is 2. The summed E-state index contributed by atoms with van der Waals surface area (Å²) in [7, 11) is -3.31. The van der Waals surface area contributed by atoms with Crippen LogP contribution in [0.15, 0.2) is 54.6 Å². The minimum Gasteiger partial charge on any atom is -0.306 e. The molecule has 4 rings (SSSR count). The van der Waals surface area contributed by atoms with Crippen molar-refractivity contribution in [2.24, 2.45) is 0 Å². The Morgan fingerprint density at radius 1 is 1.03 bits per heavy atom. The van der Waals surface area contributed by atoms with Gasteiger partial charge in [0.2, 0.25) is 15.8 Å². The fourth-order valence-electron chi connectivity index (χ4n) is 4.49. The molecular formula is C25H34ClN4O2S+. The van der Waals surface area contributed by atoms with Crippen molar-refractivity contribution in [2.75, 3.05) is 39.3 Å². The zero-order chi connectivity index (χ0) is 22.6. The Balaban J connectivity index is 0.00000306. The maximum Gasteiger partial charge on any atom is 0.236 e. The number of quaternary nitrogens is 1. The first-order valence-corrected chi connectivity index (χ1v) is 13.2. The molecule has 33 heavy (non-hydrogen) atoms. The third-order valence-electron chi connectivity index (χ3n) is 6.39. The fourth-order valence-corrected chi connectivity index (χ4v) is 5.74. The summed E-state index contributed by atoms with van der Waals surface area (Å²) in [6.45, 7) is 9.70. The predicted octanol–water partition coefficient (Wildman–Crippen LogP) is 4.08. The van der Waals surface area contributed by atoms with Gasteiger partial charge in [-0.05, 0) is 36.4 Å². The summed E-state index contributed by atoms with van der Waals surface area (Å²) in [5.74, 6) is 1.13. The normalized spacial score (nSPS) is 15.8. The van der Waals surface area contributed by atoms with Crippen LogP contribution in [0.4, 0.5) is 5.82 Å². The van der Waals surface area contributed by atoms with Gasteiger partial charge in [0.15, 0.2) is 0 Å². The molecule has 1 aromatic heterocycles. The standard InChI is InChI=1S/C25H33N4O2S.ClH/c1-3-13-27-32(30,31)19-20-9-11-21(12-10-20)24-18-22-7-5-6-8-23(22)25(28-24)29(4-2)16-14-26-15-17-29;/h5-12,18,26-27H,3-4,13-17,19H2,1-2H3;1H/q+1;. The van der Waals surface area contributed by atoms with Crippen molar-refractivity contribution in [1.29, 1.82) is 0 Å². The number of piperazine rings is 1. The van der Waals surface area contributed by atoms with E-state index in [0.717, 1.165) is 66.3 Å². The van der Waals surface area contributed by atoms with Gasteiger partial charge in [-0.15, -0.1) is 12.4 Å². The van der Waals surface area contributed by atoms with E-state index in [-0.39, 0.29) is 18.2 Å². The van der Waals surface area contributed by atoms with Crippen LogP contribution < -0.4 is 14.5 Å². The maximum absolute atomic E-state index is 12.2. The van der Waals surface area contributed by atoms with E-state index in [4.69, 9.17) is 4.98 Å². The summed E-state index contributed by atoms with van der Waals surface area (Å²) in [6.07, 6.45) is 0.780. The molecule has 0 spiro atoms. The van der Waals surface area contributed by atoms with Crippen molar-refractivity contribution >= 4 is 39.0 Å². The number of aromatic nitrogens is 1. The Hall–Kier alpha value is -2.03. The highest BCUT2D eigenvalue weighted by molar-refractivity contribution is 7.88. The van der Waals surface area contributed by atoms with Crippen molar-refractivity contribution in [3.8, 4) is 11.3 Å². The first-order chi connectivity index (χ1) is 15.5. The molecule has 1 fully saturated rings. The third-order valence-corrected chi connectivity index (χ3v) is 7.74. The van der Waals surface area contributed by atoms with Gasteiger partial charge in [0.05, 0.1) is 36.5 Å². The van der Waals surface area contributed by atoms with Gasteiger partial charge >= 0.3 is 0 Å². The monoisotopic (exact) mass is 489 g/mol. The zero-order valence-electron chi connectivity index (χ0n) is 19.4. The lowest BCUT2D eigenvalue weighted by atomic mass is 10.0. The Morgan fingerprint density at radius 3 is 2.39 bits per heavy atom. The number of nitrogens with one attached hydrogen (secondary N) is 2. The molecule has 1 saturated heterocycles. The van der Waals surface area contributed by atoms with Crippen LogP contribution in [0.3, 0.4) is 0 Å². The highest BCUT2D eigenvalue weighted by Gasteiger charge is 2.34. The first-order valence-electron chi connectivity index (χ1n) is 11.5. The van der Waals surface area contributed by atoms with Crippen molar-refractivity contribution in [3.05, 3.63) is 60.2 Å². The van der Waals surface area contributed by atoms with Crippen molar-refractivity contribution in [3.63, 3.8) is 0 Å². The van der Waals surface area contributed by atoms with E-state index < -0.39 is 10.0 Å². The molecule has 2 aromatic carbocycles. The second-order valence-corrected chi connectivity index (χ2v) is 10.4. The molecule has 8 heteroatoms. The number of sulfonamides is 1. The summed E-state index contributed by atoms with van der Waals surface area (Å²) in [5.41, 5.74) is 2.71. The molecule has 0 atom stereocenters. The van der Waals surface area contributed by atoms with E-state index in [9.17, 15) is 8.42 Å². The average Bonchev–Trinajstić information content (AvgIpc) is 2.83. The van der Waals surface area contributed by atoms with Crippen molar-refractivity contribution in [2.45, 2.75) is 26.0 Å². The summed E-state index contributed by atoms with van der Waals surface area (Å²) >= 11 is 0. The fraction of sp³-hybridized carbons (Fsp3) is 0.400. The van der Waals surface area contributed by atoms with Crippen LogP contribution in [0.2, 0.25) is 0 Å². The predicted molar refractivity (Wildman–Crippen MR) is 140 cm³/mol. The highest BCUT2D eigenvalue weighted by Crippen LogP contribution is 2.34. The second kappa shape index (κ2) is 10.9. The molecule has 0 saturated carbocycles. The van der Waals surface area contributed by atoms with E-state index >= 15 is 0 Å². The van der Waals surface area contributed by atoms with Crippen molar-refractivity contribution in [1.82, 2.24) is 19.5 Å². The Kier molecular flexibility index (Phi) is 8.48. The molecule has 2 heterocycles. The van der Waals surface area contributed by atoms with E-state index in [0.29, 0.717) is 6.54 Å². The second-order valence-electron chi connectivity index (χ2n) is 8.56. The minimum absolute atomic E-state index is 0. The van der Waals surface area contributed by atoms with Crippen LogP contribution in [0.5, 0.6) is 0 Å². The average molecular weight is 490 g/mol. The van der Waals surface area contributed by atoms with E-state index in [1.54, 1.807) is 0 Å². The molecule has 0 aliphatic carbocycles. The number of pyridine rings is 1. The number of hydrogen-bond donors (Lipinski definition) is 2. The van der Waals surface area contributed by atoms with Crippen LogP contribution in [0.1, 0.15) is 25.8 Å². The van der Waals surface area contributed by atoms with Gasteiger partial charge in [-0.1, -0.05) is 49.4 Å². The number of halogens is 1. The van der Waals surface area contributed by atoms with E-state index in [1.165, 1.54) is 10.8 Å². The van der Waals surface area contributed by atoms with Crippen LogP contribution in [0.25, 0.3) is 22.0 Å². The molecule has 0 unspecified atom stereocenters. The number of likely N-dealkylation sites (N-methyl/N-ethyl adjacent to an activating group) is 1. The van der Waals surface area contributed by atoms with Gasteiger partial charge in [-0.2, -0.15) is 4.98 Å². The van der Waals surface area contributed by atoms with Crippen molar-refractivity contribution < 1.29 is 8.42 Å². The Morgan fingerprint density at radius 2 is 1.73 bits per heavy atom. The van der Waals surface area contributed by atoms with Crippen LogP contribution >= 0.6 is 12.4 Å². The smallest absolute Gasteiger partial charge is 0.236 e. The zero-order valence-corrected chi connectivity index (χ0v) is 21.0. The van der Waals surface area contributed by atoms with Crippen LogP contribution in [-0.2, 0) is 15.8 Å². The minimum atomic E-state index is -3.31. The summed E-state index contributed by atoms with van der Waals surface area (Å²) < 4.78 is 27.9. The van der Waals surface area contributed by atoms with E-state index in [2.05, 4.69) is 47.3 Å². The van der Waals surface area contributed by atoms with Gasteiger partial charge in [0.25, 0.3) is 0 Å². The van der Waals surface area contributed by atoms with E-state index in [1.807, 2.05) is 31.2 Å². The molecule has 1 aliphatic heterocycles. The number of rotatable bonds is 8. The number of hydrogen-bond acceptors (Lipinski definition) is 4. The summed E-state index contributed by atoms with van der Waals surface area (Å²) in [6, 6.07) is 18.4. The first kappa shape index (κ1) is 25.6. The molecule has 178 valence electrons. The summed E-state index contributed by atoms with van der Waals surface area (Å²) in [4.78, 5) is 5.20. The molecule has 6 nitrogen and oxygen atoms in total. The molecule has 0 bridgehead atoms. The topological polar surface area (TPSA) is 71.1 Å². The maximum atomic E-state index is 12.2. The quantitative estimate of drug-likeness (QED) is 0.468. The number of fused-ring (bicyclic) bond motifs is 1. The molecule has 2 N–H and O–H groups in total. The lowest BCUT2D eigenvalue weighted by Crippen LogP contribution is -2.60. The largest absolute Gasteiger partial charge is 0.306 e. The number of benzene rings is 2. The van der Waals surface area contributed by atoms with Gasteiger partial charge in [-0.3, -0.25) is 4.48 Å². The SMILES string of the molecule is CCCNS(=O)(=O)Cc1ccc(-c2cc3ccccc3c([N+]3(CC)CCNCC3)n2)cc1.Cl. The Bertz CT molecular complexity index is 1180. The van der Waals surface area contributed by atoms with Gasteiger partial charge in [-0.25, -0.2) is 13.1 Å². The summed E-state index contributed by atoms with van der Waals surface area (Å²) in [5, 5.41) is 5.88. The lowest BCUT2D eigenvalue weighted by molar-refractivity contribution is 0.248. The van der Waals surface area contributed by atoms with Gasteiger partial charge < -0.3 is 5.32 Å². The molecule has 0 radical (unpaired) electrons. The molecule has 3 aromatic rings. The lowest BCUT2D eigenvalue weighted by Gasteiger charge is -2.40. The molecular weight excluding hydrogens is 456 g/mol. The van der Waals surface area contributed by atoms with Crippen LogP contribution in [0, 0.1) is 0 Å². The third kappa shape index (κ3) is 5.73. The van der Waals surface area contributed by atoms with Crippen LogP contribution in [-0.4, -0.2) is 52.7 Å². The van der Waals surface area contributed by atoms with Gasteiger partial charge in [0, 0.05) is 25.2 Å².